The van der Waals surface area contributed by atoms with Gasteiger partial charge in [-0.1, -0.05) is 0 Å². The molecule has 0 bridgehead atoms. The first kappa shape index (κ1) is 19.4. The number of anilines is 5. The number of hydrogen-bond donors (Lipinski definition) is 3. The number of nitrogens with one attached hydrogen (secondary N) is 3. The second-order valence-electron chi connectivity index (χ2n) is 7.10. The average Bonchev–Trinajstić information content (AvgIpc) is 3.17. The number of amides is 2. The minimum absolute atomic E-state index is 0.0678. The average molecular weight is 401 g/mol. The Kier molecular flexibility index (Phi) is 5.34. The number of pyridine rings is 1. The molecular formula is C23H23N5O2. The van der Waals surface area contributed by atoms with Crippen LogP contribution in [-0.4, -0.2) is 30.4 Å². The van der Waals surface area contributed by atoms with Crippen LogP contribution in [0.25, 0.3) is 0 Å². The van der Waals surface area contributed by atoms with Crippen molar-refractivity contribution in [2.45, 2.75) is 13.3 Å². The molecule has 3 N–H and O–H groups in total. The Bertz CT molecular complexity index is 1100. The summed E-state index contributed by atoms with van der Waals surface area (Å²) in [5, 5.41) is 9.26. The van der Waals surface area contributed by atoms with E-state index in [1.165, 1.54) is 0 Å². The van der Waals surface area contributed by atoms with E-state index < -0.39 is 0 Å². The molecule has 1 aromatic heterocycles. The third kappa shape index (κ3) is 4.10. The van der Waals surface area contributed by atoms with E-state index in [9.17, 15) is 9.59 Å². The van der Waals surface area contributed by atoms with Crippen LogP contribution >= 0.6 is 0 Å². The van der Waals surface area contributed by atoms with Crippen molar-refractivity contribution in [1.29, 1.82) is 0 Å². The molecule has 0 spiro atoms. The standard InChI is InChI=1S/C23H23N5O2/c1-15(29)28-12-10-17-13-19(7-8-21(17)28)27-22-14-20(9-11-25-22)26-18-5-3-16(4-6-18)23(30)24-2/h3-9,11,13-14H,10,12H2,1-2H3,(H,24,30)(H2,25,26,27). The summed E-state index contributed by atoms with van der Waals surface area (Å²) < 4.78 is 0. The van der Waals surface area contributed by atoms with Crippen LogP contribution in [0.2, 0.25) is 0 Å². The lowest BCUT2D eigenvalue weighted by Crippen LogP contribution is -2.25. The van der Waals surface area contributed by atoms with Crippen LogP contribution in [0.4, 0.5) is 28.6 Å². The number of benzene rings is 2. The van der Waals surface area contributed by atoms with Crippen LogP contribution in [0.1, 0.15) is 22.8 Å². The predicted octanol–water partition coefficient (Wildman–Crippen LogP) is 3.84. The van der Waals surface area contributed by atoms with Crippen molar-refractivity contribution in [3.8, 4) is 0 Å². The highest BCUT2D eigenvalue weighted by Gasteiger charge is 2.22. The minimum atomic E-state index is -0.113. The van der Waals surface area contributed by atoms with Gasteiger partial charge in [0.2, 0.25) is 5.91 Å². The molecular weight excluding hydrogens is 378 g/mol. The molecule has 1 aliphatic rings. The number of carbonyl (C=O) groups excluding carboxylic acids is 2. The molecule has 7 nitrogen and oxygen atoms in total. The molecule has 2 aromatic carbocycles. The van der Waals surface area contributed by atoms with Gasteiger partial charge in [0.05, 0.1) is 0 Å². The van der Waals surface area contributed by atoms with Gasteiger partial charge >= 0.3 is 0 Å². The van der Waals surface area contributed by atoms with Crippen LogP contribution in [0, 0.1) is 0 Å². The summed E-state index contributed by atoms with van der Waals surface area (Å²) in [7, 11) is 1.61. The smallest absolute Gasteiger partial charge is 0.251 e. The fraction of sp³-hybridized carbons (Fsp3) is 0.174. The second-order valence-corrected chi connectivity index (χ2v) is 7.10. The molecule has 152 valence electrons. The van der Waals surface area contributed by atoms with Gasteiger partial charge in [0, 0.05) is 61.1 Å². The molecule has 3 aromatic rings. The summed E-state index contributed by atoms with van der Waals surface area (Å²) in [4.78, 5) is 29.6. The number of hydrogen-bond acceptors (Lipinski definition) is 5. The molecule has 0 fully saturated rings. The zero-order chi connectivity index (χ0) is 21.1. The maximum absolute atomic E-state index is 11.7. The molecule has 2 amide bonds. The number of fused-ring (bicyclic) bond motifs is 1. The van der Waals surface area contributed by atoms with E-state index in [1.54, 1.807) is 37.2 Å². The summed E-state index contributed by atoms with van der Waals surface area (Å²) in [6.07, 6.45) is 2.58. The van der Waals surface area contributed by atoms with Gasteiger partial charge in [0.1, 0.15) is 5.82 Å². The topological polar surface area (TPSA) is 86.4 Å². The highest BCUT2D eigenvalue weighted by molar-refractivity contribution is 5.95. The van der Waals surface area contributed by atoms with Crippen molar-refractivity contribution >= 4 is 40.4 Å². The lowest BCUT2D eigenvalue weighted by Gasteiger charge is -2.15. The Labute approximate surface area is 175 Å². The first-order chi connectivity index (χ1) is 14.5. The van der Waals surface area contributed by atoms with Gasteiger partial charge in [-0.2, -0.15) is 0 Å². The highest BCUT2D eigenvalue weighted by atomic mass is 16.2. The van der Waals surface area contributed by atoms with Crippen molar-refractivity contribution in [2.75, 3.05) is 29.1 Å². The fourth-order valence-electron chi connectivity index (χ4n) is 3.55. The molecule has 7 heteroatoms. The zero-order valence-electron chi connectivity index (χ0n) is 16.9. The molecule has 0 saturated heterocycles. The maximum Gasteiger partial charge on any atom is 0.251 e. The van der Waals surface area contributed by atoms with Gasteiger partial charge in [-0.15, -0.1) is 0 Å². The Balaban J connectivity index is 1.46. The molecule has 30 heavy (non-hydrogen) atoms. The lowest BCUT2D eigenvalue weighted by atomic mass is 10.1. The molecule has 1 aliphatic heterocycles. The monoisotopic (exact) mass is 401 g/mol. The molecule has 0 unspecified atom stereocenters. The first-order valence-electron chi connectivity index (χ1n) is 9.77. The number of carbonyl (C=O) groups is 2. The normalized spacial score (nSPS) is 12.3. The fourth-order valence-corrected chi connectivity index (χ4v) is 3.55. The van der Waals surface area contributed by atoms with Crippen molar-refractivity contribution in [1.82, 2.24) is 10.3 Å². The van der Waals surface area contributed by atoms with Gasteiger partial charge in [-0.05, 0) is 60.5 Å². The quantitative estimate of drug-likeness (QED) is 0.605. The lowest BCUT2D eigenvalue weighted by molar-refractivity contribution is -0.116. The summed E-state index contributed by atoms with van der Waals surface area (Å²) in [6.45, 7) is 2.32. The van der Waals surface area contributed by atoms with Crippen molar-refractivity contribution in [3.05, 3.63) is 71.9 Å². The van der Waals surface area contributed by atoms with Crippen molar-refractivity contribution in [3.63, 3.8) is 0 Å². The summed E-state index contributed by atoms with van der Waals surface area (Å²) >= 11 is 0. The van der Waals surface area contributed by atoms with E-state index in [-0.39, 0.29) is 11.8 Å². The maximum atomic E-state index is 11.7. The minimum Gasteiger partial charge on any atom is -0.355 e. The third-order valence-electron chi connectivity index (χ3n) is 5.05. The summed E-state index contributed by atoms with van der Waals surface area (Å²) in [6, 6.07) is 17.1. The van der Waals surface area contributed by atoms with E-state index >= 15 is 0 Å². The van der Waals surface area contributed by atoms with E-state index in [0.29, 0.717) is 11.4 Å². The van der Waals surface area contributed by atoms with Crippen LogP contribution < -0.4 is 20.9 Å². The molecule has 4 rings (SSSR count). The van der Waals surface area contributed by atoms with E-state index in [0.717, 1.165) is 41.3 Å². The number of aromatic nitrogens is 1. The van der Waals surface area contributed by atoms with Crippen LogP contribution in [-0.2, 0) is 11.2 Å². The SMILES string of the molecule is CNC(=O)c1ccc(Nc2ccnc(Nc3ccc4c(c3)CCN4C(C)=O)c2)cc1. The summed E-state index contributed by atoms with van der Waals surface area (Å²) in [5.74, 6) is 0.666. The van der Waals surface area contributed by atoms with Crippen molar-refractivity contribution in [2.24, 2.45) is 0 Å². The Morgan fingerprint density at radius 1 is 0.933 bits per heavy atom. The molecule has 0 aliphatic carbocycles. The van der Waals surface area contributed by atoms with E-state index in [4.69, 9.17) is 0 Å². The van der Waals surface area contributed by atoms with Gasteiger partial charge in [0.25, 0.3) is 5.91 Å². The summed E-state index contributed by atoms with van der Waals surface area (Å²) in [5.41, 5.74) is 5.43. The Morgan fingerprint density at radius 3 is 2.40 bits per heavy atom. The molecule has 2 heterocycles. The first-order valence-corrected chi connectivity index (χ1v) is 9.77. The van der Waals surface area contributed by atoms with Gasteiger partial charge < -0.3 is 20.9 Å². The van der Waals surface area contributed by atoms with Crippen LogP contribution in [0.15, 0.2) is 60.8 Å². The number of nitrogens with zero attached hydrogens (tertiary/aromatic N) is 2. The largest absolute Gasteiger partial charge is 0.355 e. The van der Waals surface area contributed by atoms with Gasteiger partial charge in [-0.3, -0.25) is 9.59 Å². The van der Waals surface area contributed by atoms with Gasteiger partial charge in [-0.25, -0.2) is 4.98 Å². The van der Waals surface area contributed by atoms with Crippen LogP contribution in [0.5, 0.6) is 0 Å². The van der Waals surface area contributed by atoms with Gasteiger partial charge in [0.15, 0.2) is 0 Å². The van der Waals surface area contributed by atoms with Crippen LogP contribution in [0.3, 0.4) is 0 Å². The second kappa shape index (κ2) is 8.24. The molecule has 0 atom stereocenters. The highest BCUT2D eigenvalue weighted by Crippen LogP contribution is 2.31. The van der Waals surface area contributed by atoms with E-state index in [2.05, 4.69) is 27.0 Å². The Morgan fingerprint density at radius 2 is 1.67 bits per heavy atom. The third-order valence-corrected chi connectivity index (χ3v) is 5.05. The van der Waals surface area contributed by atoms with E-state index in [1.807, 2.05) is 36.4 Å². The Hall–Kier alpha value is -3.87. The predicted molar refractivity (Wildman–Crippen MR) is 119 cm³/mol. The zero-order valence-corrected chi connectivity index (χ0v) is 16.9. The molecule has 0 radical (unpaired) electrons. The van der Waals surface area contributed by atoms with Crippen molar-refractivity contribution < 1.29 is 9.59 Å². The number of rotatable bonds is 5. The molecule has 0 saturated carbocycles.